The molecule has 0 aliphatic carbocycles. The zero-order valence-corrected chi connectivity index (χ0v) is 11.9. The van der Waals surface area contributed by atoms with Gasteiger partial charge in [0.1, 0.15) is 10.8 Å². The van der Waals surface area contributed by atoms with E-state index in [-0.39, 0.29) is 21.4 Å². The number of phenolic OH excluding ortho intramolecular Hbond substituents is 1. The highest BCUT2D eigenvalue weighted by Gasteiger charge is 2.20. The minimum atomic E-state index is -0.723. The number of rotatable bonds is 3. The van der Waals surface area contributed by atoms with Crippen LogP contribution in [0.1, 0.15) is 10.4 Å². The normalized spacial score (nSPS) is 10.2. The molecule has 2 aromatic carbocycles. The van der Waals surface area contributed by atoms with Gasteiger partial charge in [0.2, 0.25) is 0 Å². The summed E-state index contributed by atoms with van der Waals surface area (Å²) in [4.78, 5) is 22.2. The van der Waals surface area contributed by atoms with Crippen LogP contribution in [0.3, 0.4) is 0 Å². The zero-order valence-electron chi connectivity index (χ0n) is 10.3. The molecule has 2 rings (SSSR count). The van der Waals surface area contributed by atoms with E-state index in [1.54, 1.807) is 12.1 Å². The van der Waals surface area contributed by atoms with Crippen LogP contribution < -0.4 is 5.32 Å². The second-order valence-corrected chi connectivity index (χ2v) is 4.84. The summed E-state index contributed by atoms with van der Waals surface area (Å²) in [5.74, 6) is -0.629. The van der Waals surface area contributed by atoms with E-state index in [2.05, 4.69) is 5.32 Å². The minimum Gasteiger partial charge on any atom is -0.508 e. The molecule has 0 aliphatic heterocycles. The number of aromatic hydroxyl groups is 1. The van der Waals surface area contributed by atoms with Crippen molar-refractivity contribution in [3.63, 3.8) is 0 Å². The molecule has 2 N–H and O–H groups in total. The van der Waals surface area contributed by atoms with Gasteiger partial charge in [-0.25, -0.2) is 0 Å². The minimum absolute atomic E-state index is 0.0144. The fourth-order valence-corrected chi connectivity index (χ4v) is 2.02. The molecule has 0 radical (unpaired) electrons. The van der Waals surface area contributed by atoms with Crippen LogP contribution in [0.2, 0.25) is 10.0 Å². The van der Waals surface area contributed by atoms with Crippen molar-refractivity contribution in [2.75, 3.05) is 5.32 Å². The number of phenols is 1. The van der Waals surface area contributed by atoms with Gasteiger partial charge < -0.3 is 10.4 Å². The second kappa shape index (κ2) is 5.99. The highest BCUT2D eigenvalue weighted by atomic mass is 35.5. The number of anilines is 1. The van der Waals surface area contributed by atoms with Gasteiger partial charge in [-0.2, -0.15) is 0 Å². The lowest BCUT2D eigenvalue weighted by Gasteiger charge is -2.07. The Hall–Kier alpha value is -2.31. The van der Waals surface area contributed by atoms with E-state index in [0.29, 0.717) is 5.69 Å². The third-order valence-corrected chi connectivity index (χ3v) is 3.36. The number of nitro benzene ring substituents is 1. The summed E-state index contributed by atoms with van der Waals surface area (Å²) >= 11 is 11.5. The molecule has 0 bridgehead atoms. The fourth-order valence-electron chi connectivity index (χ4n) is 1.63. The maximum atomic E-state index is 12.0. The Kier molecular flexibility index (Phi) is 4.30. The highest BCUT2D eigenvalue weighted by molar-refractivity contribution is 6.43. The van der Waals surface area contributed by atoms with Crippen LogP contribution in [0.5, 0.6) is 5.75 Å². The summed E-state index contributed by atoms with van der Waals surface area (Å²) in [5, 5.41) is 22.3. The van der Waals surface area contributed by atoms with Crippen molar-refractivity contribution < 1.29 is 14.8 Å². The van der Waals surface area contributed by atoms with Crippen molar-refractivity contribution in [2.45, 2.75) is 0 Å². The Morgan fingerprint density at radius 3 is 2.57 bits per heavy atom. The number of hydrogen-bond donors (Lipinski definition) is 2. The standard InChI is InChI=1S/C13H8Cl2N2O4/c14-10-4-7(5-11(12(10)15)17(20)21)13(19)16-8-2-1-3-9(18)6-8/h1-6,18H,(H,16,19). The summed E-state index contributed by atoms with van der Waals surface area (Å²) in [7, 11) is 0. The molecule has 0 aromatic heterocycles. The molecular weight excluding hydrogens is 319 g/mol. The monoisotopic (exact) mass is 326 g/mol. The molecule has 21 heavy (non-hydrogen) atoms. The van der Waals surface area contributed by atoms with Gasteiger partial charge in [0.15, 0.2) is 0 Å². The van der Waals surface area contributed by atoms with E-state index in [1.165, 1.54) is 18.2 Å². The van der Waals surface area contributed by atoms with Crippen molar-refractivity contribution in [3.05, 3.63) is 62.1 Å². The third-order valence-electron chi connectivity index (χ3n) is 2.57. The van der Waals surface area contributed by atoms with Crippen LogP contribution in [0.15, 0.2) is 36.4 Å². The van der Waals surface area contributed by atoms with Crippen LogP contribution in [0.4, 0.5) is 11.4 Å². The van der Waals surface area contributed by atoms with Crippen molar-refractivity contribution in [1.29, 1.82) is 0 Å². The average Bonchev–Trinajstić information content (AvgIpc) is 2.41. The molecule has 0 spiro atoms. The van der Waals surface area contributed by atoms with E-state index in [4.69, 9.17) is 23.2 Å². The maximum absolute atomic E-state index is 12.0. The quantitative estimate of drug-likeness (QED) is 0.661. The Balaban J connectivity index is 2.33. The number of benzene rings is 2. The van der Waals surface area contributed by atoms with E-state index in [9.17, 15) is 20.0 Å². The lowest BCUT2D eigenvalue weighted by molar-refractivity contribution is -0.384. The van der Waals surface area contributed by atoms with Gasteiger partial charge in [-0.1, -0.05) is 29.3 Å². The SMILES string of the molecule is O=C(Nc1cccc(O)c1)c1cc(Cl)c(Cl)c([N+](=O)[O-])c1. The van der Waals surface area contributed by atoms with E-state index in [0.717, 1.165) is 6.07 Å². The number of nitro groups is 1. The average molecular weight is 327 g/mol. The highest BCUT2D eigenvalue weighted by Crippen LogP contribution is 2.33. The first kappa shape index (κ1) is 15.1. The van der Waals surface area contributed by atoms with Gasteiger partial charge >= 0.3 is 0 Å². The molecule has 0 atom stereocenters. The van der Waals surface area contributed by atoms with Crippen molar-refractivity contribution in [3.8, 4) is 5.75 Å². The summed E-state index contributed by atoms with van der Waals surface area (Å²) in [6.07, 6.45) is 0. The van der Waals surface area contributed by atoms with Gasteiger partial charge in [0.25, 0.3) is 11.6 Å². The van der Waals surface area contributed by atoms with Gasteiger partial charge in [-0.3, -0.25) is 14.9 Å². The third kappa shape index (κ3) is 3.42. The Bertz CT molecular complexity index is 734. The number of hydrogen-bond acceptors (Lipinski definition) is 4. The lowest BCUT2D eigenvalue weighted by atomic mass is 10.2. The number of halogens is 2. The lowest BCUT2D eigenvalue weighted by Crippen LogP contribution is -2.12. The molecule has 0 saturated heterocycles. The fraction of sp³-hybridized carbons (Fsp3) is 0. The van der Waals surface area contributed by atoms with Crippen molar-refractivity contribution in [1.82, 2.24) is 0 Å². The van der Waals surface area contributed by atoms with E-state index >= 15 is 0 Å². The number of carbonyl (C=O) groups excluding carboxylic acids is 1. The summed E-state index contributed by atoms with van der Waals surface area (Å²) < 4.78 is 0. The Morgan fingerprint density at radius 2 is 1.95 bits per heavy atom. The summed E-state index contributed by atoms with van der Waals surface area (Å²) in [5.41, 5.74) is -0.126. The smallest absolute Gasteiger partial charge is 0.290 e. The molecule has 8 heteroatoms. The van der Waals surface area contributed by atoms with Crippen LogP contribution in [0.25, 0.3) is 0 Å². The predicted molar refractivity (Wildman–Crippen MR) is 79.2 cm³/mol. The number of nitrogens with zero attached hydrogens (tertiary/aromatic N) is 1. The number of carbonyl (C=O) groups is 1. The first-order chi connectivity index (χ1) is 9.88. The molecular formula is C13H8Cl2N2O4. The molecule has 6 nitrogen and oxygen atoms in total. The summed E-state index contributed by atoms with van der Waals surface area (Å²) in [6, 6.07) is 8.15. The van der Waals surface area contributed by atoms with E-state index in [1.807, 2.05) is 0 Å². The molecule has 0 unspecified atom stereocenters. The second-order valence-electron chi connectivity index (χ2n) is 4.05. The van der Waals surface area contributed by atoms with Gasteiger partial charge in [-0.05, 0) is 18.2 Å². The van der Waals surface area contributed by atoms with Crippen LogP contribution in [-0.2, 0) is 0 Å². The molecule has 0 aliphatic rings. The molecule has 0 heterocycles. The Labute approximate surface area is 129 Å². The maximum Gasteiger partial charge on any atom is 0.290 e. The first-order valence-electron chi connectivity index (χ1n) is 5.62. The summed E-state index contributed by atoms with van der Waals surface area (Å²) in [6.45, 7) is 0. The van der Waals surface area contributed by atoms with Gasteiger partial charge in [0, 0.05) is 23.4 Å². The molecule has 1 amide bonds. The molecule has 2 aromatic rings. The first-order valence-corrected chi connectivity index (χ1v) is 6.38. The van der Waals surface area contributed by atoms with Gasteiger partial charge in [-0.15, -0.1) is 0 Å². The predicted octanol–water partition coefficient (Wildman–Crippen LogP) is 3.86. The molecule has 0 saturated carbocycles. The van der Waals surface area contributed by atoms with Crippen LogP contribution in [-0.4, -0.2) is 15.9 Å². The Morgan fingerprint density at radius 1 is 1.24 bits per heavy atom. The van der Waals surface area contributed by atoms with E-state index < -0.39 is 16.5 Å². The topological polar surface area (TPSA) is 92.5 Å². The number of amides is 1. The van der Waals surface area contributed by atoms with Gasteiger partial charge in [0.05, 0.1) is 9.95 Å². The van der Waals surface area contributed by atoms with Crippen molar-refractivity contribution >= 4 is 40.5 Å². The van der Waals surface area contributed by atoms with Crippen LogP contribution in [0, 0.1) is 10.1 Å². The molecule has 0 fully saturated rings. The number of nitrogens with one attached hydrogen (secondary N) is 1. The largest absolute Gasteiger partial charge is 0.508 e. The van der Waals surface area contributed by atoms with Crippen molar-refractivity contribution in [2.24, 2.45) is 0 Å². The molecule has 108 valence electrons. The van der Waals surface area contributed by atoms with Crippen LogP contribution >= 0.6 is 23.2 Å². The zero-order chi connectivity index (χ0) is 15.6.